The lowest BCUT2D eigenvalue weighted by Gasteiger charge is -2.22. The van der Waals surface area contributed by atoms with Gasteiger partial charge in [0.05, 0.1) is 12.3 Å². The third kappa shape index (κ3) is 5.69. The van der Waals surface area contributed by atoms with E-state index >= 15 is 0 Å². The van der Waals surface area contributed by atoms with Gasteiger partial charge in [0.25, 0.3) is 0 Å². The predicted molar refractivity (Wildman–Crippen MR) is 116 cm³/mol. The molecule has 0 aliphatic carbocycles. The van der Waals surface area contributed by atoms with Crippen LogP contribution < -0.4 is 0 Å². The molecule has 1 amide bonds. The molecule has 0 saturated heterocycles. The average Bonchev–Trinajstić information content (AvgIpc) is 3.32. The second-order valence-electron chi connectivity index (χ2n) is 6.97. The molecule has 0 fully saturated rings. The molecule has 0 aliphatic rings. The number of nitrogens with zero attached hydrogens (tertiary/aromatic N) is 4. The fraction of sp³-hybridized carbons (Fsp3) is 0.381. The summed E-state index contributed by atoms with van der Waals surface area (Å²) in [7, 11) is 0. The highest BCUT2D eigenvalue weighted by Gasteiger charge is 2.17. The van der Waals surface area contributed by atoms with Crippen molar-refractivity contribution in [2.45, 2.75) is 44.9 Å². The number of thiophene rings is 1. The topological polar surface area (TPSA) is 51.0 Å². The van der Waals surface area contributed by atoms with Crippen LogP contribution >= 0.6 is 23.1 Å². The highest BCUT2D eigenvalue weighted by molar-refractivity contribution is 7.99. The van der Waals surface area contributed by atoms with Crippen molar-refractivity contribution in [1.82, 2.24) is 19.7 Å². The van der Waals surface area contributed by atoms with Gasteiger partial charge in [-0.25, -0.2) is 0 Å². The van der Waals surface area contributed by atoms with E-state index < -0.39 is 0 Å². The molecule has 0 bridgehead atoms. The van der Waals surface area contributed by atoms with Gasteiger partial charge in [0.2, 0.25) is 5.91 Å². The molecule has 2 aromatic heterocycles. The summed E-state index contributed by atoms with van der Waals surface area (Å²) < 4.78 is 1.99. The summed E-state index contributed by atoms with van der Waals surface area (Å²) in [5.41, 5.74) is 1.25. The summed E-state index contributed by atoms with van der Waals surface area (Å²) in [4.78, 5) is 17.4. The molecule has 2 heterocycles. The molecule has 3 rings (SSSR count). The molecule has 0 unspecified atom stereocenters. The van der Waals surface area contributed by atoms with E-state index in [9.17, 15) is 4.79 Å². The van der Waals surface area contributed by atoms with Crippen LogP contribution in [0.2, 0.25) is 0 Å². The van der Waals surface area contributed by atoms with E-state index in [2.05, 4.69) is 55.2 Å². The smallest absolute Gasteiger partial charge is 0.233 e. The minimum absolute atomic E-state index is 0.130. The number of amides is 1. The van der Waals surface area contributed by atoms with Crippen LogP contribution in [0.25, 0.3) is 0 Å². The van der Waals surface area contributed by atoms with Crippen molar-refractivity contribution in [2.75, 3.05) is 12.3 Å². The molecule has 0 saturated carbocycles. The Bertz CT molecular complexity index is 889. The van der Waals surface area contributed by atoms with Gasteiger partial charge in [-0.15, -0.1) is 21.5 Å². The largest absolute Gasteiger partial charge is 0.336 e. The van der Waals surface area contributed by atoms with E-state index in [1.807, 2.05) is 27.7 Å². The molecule has 5 nitrogen and oxygen atoms in total. The average molecular weight is 415 g/mol. The number of hydrogen-bond donors (Lipinski definition) is 0. The van der Waals surface area contributed by atoms with Gasteiger partial charge in [0, 0.05) is 22.3 Å². The maximum absolute atomic E-state index is 13.0. The fourth-order valence-electron chi connectivity index (χ4n) is 2.87. The van der Waals surface area contributed by atoms with Gasteiger partial charge in [-0.3, -0.25) is 4.79 Å². The van der Waals surface area contributed by atoms with Gasteiger partial charge in [-0.2, -0.15) is 0 Å². The van der Waals surface area contributed by atoms with Crippen LogP contribution in [0.1, 0.15) is 35.2 Å². The molecule has 7 heteroatoms. The van der Waals surface area contributed by atoms with Crippen molar-refractivity contribution in [3.63, 3.8) is 0 Å². The fourth-order valence-corrected chi connectivity index (χ4v) is 4.72. The minimum Gasteiger partial charge on any atom is -0.336 e. The number of aromatic nitrogens is 3. The predicted octanol–water partition coefficient (Wildman–Crippen LogP) is 4.59. The zero-order valence-corrected chi connectivity index (χ0v) is 18.2. The first-order valence-corrected chi connectivity index (χ1v) is 11.2. The third-order valence-corrected chi connectivity index (χ3v) is 6.36. The molecule has 0 spiro atoms. The monoisotopic (exact) mass is 414 g/mol. The molecule has 3 aromatic rings. The third-order valence-electron chi connectivity index (χ3n) is 4.43. The summed E-state index contributed by atoms with van der Waals surface area (Å²) in [6.07, 6.45) is 2.57. The zero-order valence-electron chi connectivity index (χ0n) is 16.5. The summed E-state index contributed by atoms with van der Waals surface area (Å²) >= 11 is 3.21. The Hall–Kier alpha value is -2.12. The first kappa shape index (κ1) is 20.6. The van der Waals surface area contributed by atoms with Crippen molar-refractivity contribution in [3.05, 3.63) is 64.1 Å². The maximum Gasteiger partial charge on any atom is 0.233 e. The zero-order chi connectivity index (χ0) is 19.9. The van der Waals surface area contributed by atoms with E-state index in [4.69, 9.17) is 0 Å². The Kier molecular flexibility index (Phi) is 7.28. The first-order chi connectivity index (χ1) is 13.5. The first-order valence-electron chi connectivity index (χ1n) is 9.42. The lowest BCUT2D eigenvalue weighted by atomic mass is 10.1. The normalized spacial score (nSPS) is 11.1. The van der Waals surface area contributed by atoms with Gasteiger partial charge in [0.1, 0.15) is 6.33 Å². The van der Waals surface area contributed by atoms with Crippen molar-refractivity contribution in [2.24, 2.45) is 0 Å². The van der Waals surface area contributed by atoms with Crippen LogP contribution in [0.15, 0.2) is 53.9 Å². The van der Waals surface area contributed by atoms with Crippen molar-refractivity contribution < 1.29 is 4.79 Å². The van der Waals surface area contributed by atoms with Gasteiger partial charge in [0.15, 0.2) is 5.16 Å². The Morgan fingerprint density at radius 3 is 2.68 bits per heavy atom. The molecular weight excluding hydrogens is 388 g/mol. The Morgan fingerprint density at radius 1 is 1.21 bits per heavy atom. The summed E-state index contributed by atoms with van der Waals surface area (Å²) in [5.74, 6) is 0.496. The highest BCUT2D eigenvalue weighted by Crippen LogP contribution is 2.21. The van der Waals surface area contributed by atoms with Gasteiger partial charge < -0.3 is 9.47 Å². The number of rotatable bonds is 9. The molecule has 0 radical (unpaired) electrons. The van der Waals surface area contributed by atoms with Crippen LogP contribution in [0.4, 0.5) is 0 Å². The molecule has 148 valence electrons. The number of carbonyl (C=O) groups is 1. The van der Waals surface area contributed by atoms with Crippen molar-refractivity contribution >= 4 is 29.0 Å². The SMILES string of the molecule is Cc1ccc(CN(CCc2ccccc2)C(=O)CSc2nncn2C(C)C)s1. The van der Waals surface area contributed by atoms with E-state index in [0.29, 0.717) is 18.8 Å². The summed E-state index contributed by atoms with van der Waals surface area (Å²) in [6.45, 7) is 7.62. The lowest BCUT2D eigenvalue weighted by molar-refractivity contribution is -0.128. The summed E-state index contributed by atoms with van der Waals surface area (Å²) in [6, 6.07) is 14.8. The van der Waals surface area contributed by atoms with Crippen molar-refractivity contribution in [3.8, 4) is 0 Å². The number of thioether (sulfide) groups is 1. The quantitative estimate of drug-likeness (QED) is 0.481. The number of carbonyl (C=O) groups excluding carboxylic acids is 1. The van der Waals surface area contributed by atoms with Crippen LogP contribution in [0.5, 0.6) is 0 Å². The molecule has 0 aliphatic heterocycles. The Morgan fingerprint density at radius 2 is 2.00 bits per heavy atom. The Labute approximate surface area is 174 Å². The lowest BCUT2D eigenvalue weighted by Crippen LogP contribution is -2.33. The number of hydrogen-bond acceptors (Lipinski definition) is 5. The van der Waals surface area contributed by atoms with Crippen molar-refractivity contribution in [1.29, 1.82) is 0 Å². The molecular formula is C21H26N4OS2. The number of benzene rings is 1. The second kappa shape index (κ2) is 9.89. The molecule has 1 aromatic carbocycles. The second-order valence-corrected chi connectivity index (χ2v) is 9.28. The van der Waals surface area contributed by atoms with Crippen LogP contribution in [-0.4, -0.2) is 37.9 Å². The van der Waals surface area contributed by atoms with Gasteiger partial charge in [-0.05, 0) is 44.9 Å². The highest BCUT2D eigenvalue weighted by atomic mass is 32.2. The van der Waals surface area contributed by atoms with Crippen LogP contribution in [0, 0.1) is 6.92 Å². The summed E-state index contributed by atoms with van der Waals surface area (Å²) in [5, 5.41) is 8.93. The standard InChI is InChI=1S/C21H26N4OS2/c1-16(2)25-15-22-23-21(25)27-14-20(26)24(13-19-10-9-17(3)28-19)12-11-18-7-5-4-6-8-18/h4-10,15-16H,11-14H2,1-3H3. The van der Waals surface area contributed by atoms with E-state index in [1.165, 1.54) is 27.1 Å². The Balaban J connectivity index is 1.65. The molecule has 0 N–H and O–H groups in total. The maximum atomic E-state index is 13.0. The van der Waals surface area contributed by atoms with Gasteiger partial charge in [-0.1, -0.05) is 42.1 Å². The number of aryl methyl sites for hydroxylation is 1. The van der Waals surface area contributed by atoms with Crippen LogP contribution in [0.3, 0.4) is 0 Å². The van der Waals surface area contributed by atoms with E-state index in [-0.39, 0.29) is 11.9 Å². The molecule has 28 heavy (non-hydrogen) atoms. The minimum atomic E-state index is 0.130. The molecule has 0 atom stereocenters. The van der Waals surface area contributed by atoms with E-state index in [1.54, 1.807) is 17.7 Å². The van der Waals surface area contributed by atoms with Gasteiger partial charge >= 0.3 is 0 Å². The van der Waals surface area contributed by atoms with Crippen LogP contribution in [-0.2, 0) is 17.8 Å². The van der Waals surface area contributed by atoms with E-state index in [0.717, 1.165) is 11.6 Å².